The number of anilines is 1. The fourth-order valence-electron chi connectivity index (χ4n) is 2.31. The highest BCUT2D eigenvalue weighted by Gasteiger charge is 2.23. The molecule has 0 radical (unpaired) electrons. The molecule has 2 aromatic carbocycles. The first-order valence-electron chi connectivity index (χ1n) is 8.26. The number of nitrogens with one attached hydrogen (secondary N) is 2. The molecule has 0 saturated carbocycles. The van der Waals surface area contributed by atoms with Gasteiger partial charge in [-0.2, -0.15) is 0 Å². The molecule has 0 aliphatic heterocycles. The Morgan fingerprint density at radius 3 is 2.19 bits per heavy atom. The molecule has 0 bridgehead atoms. The molecule has 0 aliphatic rings. The summed E-state index contributed by atoms with van der Waals surface area (Å²) in [4.78, 5) is 25.0. The Morgan fingerprint density at radius 2 is 1.63 bits per heavy atom. The van der Waals surface area contributed by atoms with Crippen LogP contribution in [0.1, 0.15) is 22.3 Å². The van der Waals surface area contributed by atoms with Crippen molar-refractivity contribution < 1.29 is 18.0 Å². The van der Waals surface area contributed by atoms with Crippen molar-refractivity contribution in [2.75, 3.05) is 17.3 Å². The van der Waals surface area contributed by atoms with Crippen molar-refractivity contribution in [1.29, 1.82) is 0 Å². The van der Waals surface area contributed by atoms with Gasteiger partial charge in [-0.15, -0.1) is 0 Å². The zero-order valence-electron chi connectivity index (χ0n) is 15.0. The standard InChI is InChI=1S/C19H21ClN2O4S/c1-13-3-9-16(10-4-13)21-19(24)17(11-12-27(2,25)26)22-18(23)14-5-7-15(20)8-6-14/h3-10,17H,11-12H2,1-2H3,(H,21,24)(H,22,23)/t17-/m0/s1. The smallest absolute Gasteiger partial charge is 0.251 e. The molecular weight excluding hydrogens is 388 g/mol. The van der Waals surface area contributed by atoms with Gasteiger partial charge in [0, 0.05) is 22.5 Å². The number of carbonyl (C=O) groups is 2. The van der Waals surface area contributed by atoms with E-state index in [4.69, 9.17) is 11.6 Å². The Kier molecular flexibility index (Phi) is 6.98. The van der Waals surface area contributed by atoms with Crippen molar-refractivity contribution in [3.05, 3.63) is 64.7 Å². The number of aryl methyl sites for hydroxylation is 1. The number of carbonyl (C=O) groups excluding carboxylic acids is 2. The third-order valence-electron chi connectivity index (χ3n) is 3.82. The molecule has 1 atom stereocenters. The molecule has 0 aliphatic carbocycles. The van der Waals surface area contributed by atoms with Gasteiger partial charge >= 0.3 is 0 Å². The maximum atomic E-state index is 12.6. The first-order valence-corrected chi connectivity index (χ1v) is 10.7. The summed E-state index contributed by atoms with van der Waals surface area (Å²) in [6.45, 7) is 1.92. The number of benzene rings is 2. The summed E-state index contributed by atoms with van der Waals surface area (Å²) in [5, 5.41) is 5.78. The largest absolute Gasteiger partial charge is 0.340 e. The summed E-state index contributed by atoms with van der Waals surface area (Å²) in [5.74, 6) is -1.19. The Hall–Kier alpha value is -2.38. The number of halogens is 1. The normalized spacial score (nSPS) is 12.3. The molecule has 0 aromatic heterocycles. The van der Waals surface area contributed by atoms with E-state index < -0.39 is 27.7 Å². The van der Waals surface area contributed by atoms with Crippen LogP contribution in [0.2, 0.25) is 5.02 Å². The second kappa shape index (κ2) is 9.01. The summed E-state index contributed by atoms with van der Waals surface area (Å²) < 4.78 is 23.0. The number of amides is 2. The number of hydrogen-bond donors (Lipinski definition) is 2. The fourth-order valence-corrected chi connectivity index (χ4v) is 3.10. The minimum absolute atomic E-state index is 0.0319. The highest BCUT2D eigenvalue weighted by Crippen LogP contribution is 2.12. The van der Waals surface area contributed by atoms with Crippen LogP contribution in [0.5, 0.6) is 0 Å². The zero-order chi connectivity index (χ0) is 20.0. The Labute approximate surface area is 163 Å². The van der Waals surface area contributed by atoms with Gasteiger partial charge in [-0.25, -0.2) is 8.42 Å². The Bertz CT molecular complexity index is 910. The molecule has 0 spiro atoms. The van der Waals surface area contributed by atoms with Gasteiger partial charge in [0.05, 0.1) is 5.75 Å². The molecule has 8 heteroatoms. The van der Waals surface area contributed by atoms with Gasteiger partial charge in [0.2, 0.25) is 5.91 Å². The van der Waals surface area contributed by atoms with Crippen molar-refractivity contribution in [2.24, 2.45) is 0 Å². The van der Waals surface area contributed by atoms with Crippen molar-refractivity contribution in [3.8, 4) is 0 Å². The molecule has 0 saturated heterocycles. The minimum atomic E-state index is -3.29. The fraction of sp³-hybridized carbons (Fsp3) is 0.263. The molecule has 2 aromatic rings. The molecule has 6 nitrogen and oxygen atoms in total. The third-order valence-corrected chi connectivity index (χ3v) is 5.05. The van der Waals surface area contributed by atoms with Gasteiger partial charge in [-0.05, 0) is 49.7 Å². The van der Waals surface area contributed by atoms with Crippen LogP contribution < -0.4 is 10.6 Å². The van der Waals surface area contributed by atoms with E-state index in [0.29, 0.717) is 16.3 Å². The van der Waals surface area contributed by atoms with Gasteiger partial charge in [0.15, 0.2) is 0 Å². The SMILES string of the molecule is Cc1ccc(NC(=O)[C@H](CCS(C)(=O)=O)NC(=O)c2ccc(Cl)cc2)cc1. The highest BCUT2D eigenvalue weighted by molar-refractivity contribution is 7.90. The lowest BCUT2D eigenvalue weighted by Gasteiger charge is -2.18. The summed E-state index contributed by atoms with van der Waals surface area (Å²) in [7, 11) is -3.29. The molecule has 2 amide bonds. The lowest BCUT2D eigenvalue weighted by Crippen LogP contribution is -2.44. The van der Waals surface area contributed by atoms with E-state index in [9.17, 15) is 18.0 Å². The molecule has 0 unspecified atom stereocenters. The second-order valence-electron chi connectivity index (χ2n) is 6.31. The second-order valence-corrected chi connectivity index (χ2v) is 9.00. The third kappa shape index (κ3) is 7.03. The first-order chi connectivity index (χ1) is 12.6. The molecule has 2 N–H and O–H groups in total. The molecule has 144 valence electrons. The molecular formula is C19H21ClN2O4S. The average molecular weight is 409 g/mol. The first kappa shape index (κ1) is 20.9. The van der Waals surface area contributed by atoms with E-state index >= 15 is 0 Å². The van der Waals surface area contributed by atoms with E-state index in [-0.39, 0.29) is 12.2 Å². The molecule has 27 heavy (non-hydrogen) atoms. The van der Waals surface area contributed by atoms with Crippen molar-refractivity contribution in [3.63, 3.8) is 0 Å². The van der Waals surface area contributed by atoms with Crippen LogP contribution in [-0.2, 0) is 14.6 Å². The monoisotopic (exact) mass is 408 g/mol. The molecule has 2 rings (SSSR count). The maximum absolute atomic E-state index is 12.6. The van der Waals surface area contributed by atoms with E-state index in [1.807, 2.05) is 19.1 Å². The molecule has 0 fully saturated rings. The van der Waals surface area contributed by atoms with E-state index in [1.54, 1.807) is 24.3 Å². The van der Waals surface area contributed by atoms with Crippen molar-refractivity contribution >= 4 is 38.9 Å². The van der Waals surface area contributed by atoms with E-state index in [1.165, 1.54) is 12.1 Å². The summed E-state index contributed by atoms with van der Waals surface area (Å²) in [6, 6.07) is 12.4. The zero-order valence-corrected chi connectivity index (χ0v) is 16.6. The van der Waals surface area contributed by atoms with Gasteiger partial charge in [-0.3, -0.25) is 9.59 Å². The van der Waals surface area contributed by atoms with Crippen LogP contribution in [-0.4, -0.2) is 38.3 Å². The summed E-state index contributed by atoms with van der Waals surface area (Å²) in [5.41, 5.74) is 1.93. The van der Waals surface area contributed by atoms with Crippen LogP contribution in [0.15, 0.2) is 48.5 Å². The van der Waals surface area contributed by atoms with Crippen LogP contribution in [0, 0.1) is 6.92 Å². The molecule has 0 heterocycles. The lowest BCUT2D eigenvalue weighted by molar-refractivity contribution is -0.118. The lowest BCUT2D eigenvalue weighted by atomic mass is 10.1. The Morgan fingerprint density at radius 1 is 1.04 bits per heavy atom. The van der Waals surface area contributed by atoms with Gasteiger partial charge in [0.1, 0.15) is 15.9 Å². The Balaban J connectivity index is 2.13. The van der Waals surface area contributed by atoms with Gasteiger partial charge < -0.3 is 10.6 Å². The van der Waals surface area contributed by atoms with Gasteiger partial charge in [0.25, 0.3) is 5.91 Å². The van der Waals surface area contributed by atoms with Crippen molar-refractivity contribution in [2.45, 2.75) is 19.4 Å². The van der Waals surface area contributed by atoms with Crippen LogP contribution in [0.4, 0.5) is 5.69 Å². The number of hydrogen-bond acceptors (Lipinski definition) is 4. The average Bonchev–Trinajstić information content (AvgIpc) is 2.60. The summed E-state index contributed by atoms with van der Waals surface area (Å²) in [6.07, 6.45) is 1.05. The predicted molar refractivity (Wildman–Crippen MR) is 107 cm³/mol. The van der Waals surface area contributed by atoms with Crippen LogP contribution >= 0.6 is 11.6 Å². The quantitative estimate of drug-likeness (QED) is 0.736. The van der Waals surface area contributed by atoms with Crippen LogP contribution in [0.25, 0.3) is 0 Å². The topological polar surface area (TPSA) is 92.3 Å². The number of sulfone groups is 1. The predicted octanol–water partition coefficient (Wildman–Crippen LogP) is 2.82. The maximum Gasteiger partial charge on any atom is 0.251 e. The highest BCUT2D eigenvalue weighted by atomic mass is 35.5. The van der Waals surface area contributed by atoms with Gasteiger partial charge in [-0.1, -0.05) is 29.3 Å². The van der Waals surface area contributed by atoms with Crippen molar-refractivity contribution in [1.82, 2.24) is 5.32 Å². The summed E-state index contributed by atoms with van der Waals surface area (Å²) >= 11 is 5.81. The van der Waals surface area contributed by atoms with E-state index in [0.717, 1.165) is 11.8 Å². The van der Waals surface area contributed by atoms with Crippen LogP contribution in [0.3, 0.4) is 0 Å². The van der Waals surface area contributed by atoms with E-state index in [2.05, 4.69) is 10.6 Å². The number of rotatable bonds is 7. The minimum Gasteiger partial charge on any atom is -0.340 e.